The van der Waals surface area contributed by atoms with Crippen LogP contribution in [0.3, 0.4) is 0 Å². The number of unbranched alkanes of at least 4 members (excludes halogenated alkanes) is 7. The molecule has 0 heteroatoms. The lowest BCUT2D eigenvalue weighted by molar-refractivity contribution is 0.574. The molecule has 0 unspecified atom stereocenters. The fourth-order valence-corrected chi connectivity index (χ4v) is 3.00. The van der Waals surface area contributed by atoms with Crippen LogP contribution in [-0.4, -0.2) is 0 Å². The van der Waals surface area contributed by atoms with Crippen LogP contribution < -0.4 is 0 Å². The summed E-state index contributed by atoms with van der Waals surface area (Å²) < 4.78 is 0. The Bertz CT molecular complexity index is 400. The summed E-state index contributed by atoms with van der Waals surface area (Å²) in [6.07, 6.45) is 16.3. The van der Waals surface area contributed by atoms with E-state index in [1.54, 1.807) is 5.57 Å². The fraction of sp³-hybridized carbons (Fsp3) is 0.579. The van der Waals surface area contributed by atoms with Crippen molar-refractivity contribution in [2.24, 2.45) is 0 Å². The minimum absolute atomic E-state index is 1.20. The summed E-state index contributed by atoms with van der Waals surface area (Å²) in [5.41, 5.74) is 4.63. The lowest BCUT2D eigenvalue weighted by atomic mass is 10.0. The Labute approximate surface area is 118 Å². The molecule has 0 N–H and O–H groups in total. The standard InChI is InChI=1S/C19H28/c1-2-3-4-5-6-7-8-9-12-17-15-18-13-10-11-14-19(18)16-17/h10-11,13-15H,2-9,12,16H2,1H3. The van der Waals surface area contributed by atoms with E-state index >= 15 is 0 Å². The minimum Gasteiger partial charge on any atom is -0.0654 e. The fourth-order valence-electron chi connectivity index (χ4n) is 3.00. The molecule has 0 saturated heterocycles. The molecule has 0 radical (unpaired) electrons. The van der Waals surface area contributed by atoms with E-state index in [2.05, 4.69) is 37.3 Å². The first-order valence-electron chi connectivity index (χ1n) is 8.17. The second-order valence-electron chi connectivity index (χ2n) is 5.90. The van der Waals surface area contributed by atoms with Crippen molar-refractivity contribution in [1.29, 1.82) is 0 Å². The highest BCUT2D eigenvalue weighted by atomic mass is 14.2. The number of rotatable bonds is 9. The Morgan fingerprint density at radius 2 is 1.53 bits per heavy atom. The lowest BCUT2D eigenvalue weighted by Crippen LogP contribution is -1.86. The van der Waals surface area contributed by atoms with Crippen molar-refractivity contribution in [3.63, 3.8) is 0 Å². The van der Waals surface area contributed by atoms with Crippen LogP contribution in [0.1, 0.15) is 75.8 Å². The average Bonchev–Trinajstić information content (AvgIpc) is 2.84. The normalized spacial score (nSPS) is 13.4. The van der Waals surface area contributed by atoms with Crippen molar-refractivity contribution in [3.8, 4) is 0 Å². The number of benzene rings is 1. The molecular weight excluding hydrogens is 228 g/mol. The Hall–Kier alpha value is -1.04. The van der Waals surface area contributed by atoms with Gasteiger partial charge in [-0.15, -0.1) is 0 Å². The maximum atomic E-state index is 2.41. The molecule has 0 amide bonds. The van der Waals surface area contributed by atoms with Crippen LogP contribution in [0.15, 0.2) is 29.8 Å². The molecule has 19 heavy (non-hydrogen) atoms. The highest BCUT2D eigenvalue weighted by Gasteiger charge is 2.10. The molecule has 0 spiro atoms. The Balaban J connectivity index is 1.54. The van der Waals surface area contributed by atoms with Crippen LogP contribution >= 0.6 is 0 Å². The van der Waals surface area contributed by atoms with Crippen molar-refractivity contribution in [3.05, 3.63) is 41.0 Å². The molecular formula is C19H28. The molecule has 0 bridgehead atoms. The molecule has 1 aliphatic carbocycles. The highest BCUT2D eigenvalue weighted by Crippen LogP contribution is 2.27. The number of hydrogen-bond donors (Lipinski definition) is 0. The van der Waals surface area contributed by atoms with Gasteiger partial charge in [-0.05, 0) is 30.4 Å². The summed E-state index contributed by atoms with van der Waals surface area (Å²) in [4.78, 5) is 0. The summed E-state index contributed by atoms with van der Waals surface area (Å²) >= 11 is 0. The zero-order valence-corrected chi connectivity index (χ0v) is 12.5. The first kappa shape index (κ1) is 14.4. The zero-order chi connectivity index (χ0) is 13.3. The van der Waals surface area contributed by atoms with Gasteiger partial charge in [0.15, 0.2) is 0 Å². The van der Waals surface area contributed by atoms with Crippen LogP contribution in [0, 0.1) is 0 Å². The van der Waals surface area contributed by atoms with Gasteiger partial charge in [0.25, 0.3) is 0 Å². The largest absolute Gasteiger partial charge is 0.0654 e. The molecule has 2 rings (SSSR count). The predicted octanol–water partition coefficient (Wildman–Crippen LogP) is 6.16. The minimum atomic E-state index is 1.20. The van der Waals surface area contributed by atoms with Gasteiger partial charge < -0.3 is 0 Å². The van der Waals surface area contributed by atoms with Crippen LogP contribution in [0.4, 0.5) is 0 Å². The van der Waals surface area contributed by atoms with Gasteiger partial charge in [-0.1, -0.05) is 87.8 Å². The van der Waals surface area contributed by atoms with E-state index in [9.17, 15) is 0 Å². The van der Waals surface area contributed by atoms with E-state index in [-0.39, 0.29) is 0 Å². The Kier molecular flexibility index (Phi) is 6.20. The molecule has 0 nitrogen and oxygen atoms in total. The monoisotopic (exact) mass is 256 g/mol. The Morgan fingerprint density at radius 3 is 2.26 bits per heavy atom. The summed E-state index contributed by atoms with van der Waals surface area (Å²) in [6, 6.07) is 8.82. The molecule has 1 aliphatic rings. The van der Waals surface area contributed by atoms with Gasteiger partial charge in [0.1, 0.15) is 0 Å². The van der Waals surface area contributed by atoms with Gasteiger partial charge >= 0.3 is 0 Å². The molecule has 104 valence electrons. The summed E-state index contributed by atoms with van der Waals surface area (Å²) in [5, 5.41) is 0. The summed E-state index contributed by atoms with van der Waals surface area (Å²) in [5.74, 6) is 0. The maximum Gasteiger partial charge on any atom is -0.00578 e. The third kappa shape index (κ3) is 4.86. The second-order valence-corrected chi connectivity index (χ2v) is 5.90. The van der Waals surface area contributed by atoms with Gasteiger partial charge in [0.05, 0.1) is 0 Å². The molecule has 0 atom stereocenters. The highest BCUT2D eigenvalue weighted by molar-refractivity contribution is 5.63. The molecule has 0 fully saturated rings. The number of hydrogen-bond acceptors (Lipinski definition) is 0. The van der Waals surface area contributed by atoms with Crippen molar-refractivity contribution in [2.45, 2.75) is 71.1 Å². The first-order valence-corrected chi connectivity index (χ1v) is 8.17. The molecule has 0 aliphatic heterocycles. The van der Waals surface area contributed by atoms with Crippen molar-refractivity contribution in [1.82, 2.24) is 0 Å². The molecule has 1 aromatic rings. The smallest absolute Gasteiger partial charge is 0.00578 e. The van der Waals surface area contributed by atoms with E-state index in [0.717, 1.165) is 0 Å². The van der Waals surface area contributed by atoms with E-state index in [0.29, 0.717) is 0 Å². The quantitative estimate of drug-likeness (QED) is 0.464. The van der Waals surface area contributed by atoms with Gasteiger partial charge in [-0.2, -0.15) is 0 Å². The summed E-state index contributed by atoms with van der Waals surface area (Å²) in [6.45, 7) is 2.29. The zero-order valence-electron chi connectivity index (χ0n) is 12.5. The van der Waals surface area contributed by atoms with Crippen LogP contribution in [-0.2, 0) is 6.42 Å². The van der Waals surface area contributed by atoms with E-state index in [1.807, 2.05) is 0 Å². The van der Waals surface area contributed by atoms with Crippen molar-refractivity contribution >= 4 is 6.08 Å². The van der Waals surface area contributed by atoms with Crippen LogP contribution in [0.2, 0.25) is 0 Å². The van der Waals surface area contributed by atoms with Gasteiger partial charge in [-0.25, -0.2) is 0 Å². The molecule has 0 heterocycles. The topological polar surface area (TPSA) is 0 Å². The van der Waals surface area contributed by atoms with E-state index < -0.39 is 0 Å². The average molecular weight is 256 g/mol. The lowest BCUT2D eigenvalue weighted by Gasteiger charge is -2.03. The Morgan fingerprint density at radius 1 is 0.842 bits per heavy atom. The van der Waals surface area contributed by atoms with Crippen molar-refractivity contribution < 1.29 is 0 Å². The van der Waals surface area contributed by atoms with Crippen molar-refractivity contribution in [2.75, 3.05) is 0 Å². The third-order valence-corrected chi connectivity index (χ3v) is 4.18. The van der Waals surface area contributed by atoms with Crippen LogP contribution in [0.25, 0.3) is 6.08 Å². The van der Waals surface area contributed by atoms with E-state index in [1.165, 1.54) is 75.3 Å². The van der Waals surface area contributed by atoms with Gasteiger partial charge in [-0.3, -0.25) is 0 Å². The number of fused-ring (bicyclic) bond motifs is 1. The first-order chi connectivity index (χ1) is 9.40. The predicted molar refractivity (Wildman–Crippen MR) is 85.4 cm³/mol. The molecule has 0 saturated carbocycles. The van der Waals surface area contributed by atoms with Gasteiger partial charge in [0.2, 0.25) is 0 Å². The molecule has 0 aromatic heterocycles. The SMILES string of the molecule is CCCCCCCCCCC1=Cc2ccccc2C1. The van der Waals surface area contributed by atoms with E-state index in [4.69, 9.17) is 0 Å². The maximum absolute atomic E-state index is 2.41. The third-order valence-electron chi connectivity index (χ3n) is 4.18. The summed E-state index contributed by atoms with van der Waals surface area (Å²) in [7, 11) is 0. The van der Waals surface area contributed by atoms with Gasteiger partial charge in [0, 0.05) is 0 Å². The van der Waals surface area contributed by atoms with Crippen LogP contribution in [0.5, 0.6) is 0 Å². The molecule has 1 aromatic carbocycles. The second kappa shape index (κ2) is 8.19. The number of allylic oxidation sites excluding steroid dienone is 1.